The lowest BCUT2D eigenvalue weighted by Gasteiger charge is -2.13. The van der Waals surface area contributed by atoms with Gasteiger partial charge in [0.05, 0.1) is 6.26 Å². The van der Waals surface area contributed by atoms with E-state index in [1.165, 1.54) is 6.26 Å². The molecule has 4 heteroatoms. The van der Waals surface area contributed by atoms with E-state index in [0.29, 0.717) is 5.92 Å². The minimum absolute atomic E-state index is 0.0463. The highest BCUT2D eigenvalue weighted by Crippen LogP contribution is 2.03. The Kier molecular flexibility index (Phi) is 4.03. The highest BCUT2D eigenvalue weighted by atomic mass is 32.2. The Morgan fingerprint density at radius 3 is 2.00 bits per heavy atom. The fraction of sp³-hybridized carbons (Fsp3) is 1.00. The Balaban J connectivity index is 3.80. The van der Waals surface area contributed by atoms with E-state index in [4.69, 9.17) is 0 Å². The molecule has 0 bridgehead atoms. The van der Waals surface area contributed by atoms with Crippen LogP contribution in [0.2, 0.25) is 0 Å². The maximum absolute atomic E-state index is 10.7. The van der Waals surface area contributed by atoms with Crippen molar-refractivity contribution < 1.29 is 8.42 Å². The highest BCUT2D eigenvalue weighted by molar-refractivity contribution is 7.88. The average Bonchev–Trinajstić information content (AvgIpc) is 1.53. The van der Waals surface area contributed by atoms with Gasteiger partial charge >= 0.3 is 0 Å². The molecule has 68 valence electrons. The van der Waals surface area contributed by atoms with Crippen molar-refractivity contribution in [1.29, 1.82) is 0 Å². The Bertz CT molecular complexity index is 196. The Hall–Kier alpha value is -0.0900. The van der Waals surface area contributed by atoms with E-state index in [0.717, 1.165) is 6.42 Å². The standard InChI is InChI=1S/C7H17NO2S/c1-6(2)5-7(3)8-11(4,9)10/h6-8H,5H2,1-4H3/t7-/m0/s1. The Morgan fingerprint density at radius 2 is 1.73 bits per heavy atom. The van der Waals surface area contributed by atoms with Gasteiger partial charge in [0.2, 0.25) is 10.0 Å². The minimum atomic E-state index is -3.02. The molecule has 0 aromatic heterocycles. The van der Waals surface area contributed by atoms with Gasteiger partial charge in [-0.05, 0) is 19.3 Å². The topological polar surface area (TPSA) is 46.2 Å². The first-order valence-electron chi connectivity index (χ1n) is 3.78. The molecule has 11 heavy (non-hydrogen) atoms. The van der Waals surface area contributed by atoms with Gasteiger partial charge in [0.25, 0.3) is 0 Å². The number of nitrogens with one attached hydrogen (secondary N) is 1. The van der Waals surface area contributed by atoms with Crippen LogP contribution >= 0.6 is 0 Å². The van der Waals surface area contributed by atoms with Gasteiger partial charge in [-0.15, -0.1) is 0 Å². The van der Waals surface area contributed by atoms with E-state index in [2.05, 4.69) is 18.6 Å². The van der Waals surface area contributed by atoms with Gasteiger partial charge in [-0.25, -0.2) is 13.1 Å². The van der Waals surface area contributed by atoms with Crippen LogP contribution in [-0.4, -0.2) is 20.7 Å². The van der Waals surface area contributed by atoms with Crippen LogP contribution in [-0.2, 0) is 10.0 Å². The third-order valence-corrected chi connectivity index (χ3v) is 2.07. The predicted molar refractivity (Wildman–Crippen MR) is 46.9 cm³/mol. The summed E-state index contributed by atoms with van der Waals surface area (Å²) < 4.78 is 23.9. The lowest BCUT2D eigenvalue weighted by molar-refractivity contribution is 0.484. The van der Waals surface area contributed by atoms with E-state index in [1.807, 2.05) is 6.92 Å². The Labute approximate surface area is 69.2 Å². The van der Waals surface area contributed by atoms with E-state index in [-0.39, 0.29) is 6.04 Å². The first-order chi connectivity index (χ1) is 4.81. The third-order valence-electron chi connectivity index (χ3n) is 1.24. The molecule has 0 aromatic carbocycles. The van der Waals surface area contributed by atoms with E-state index in [9.17, 15) is 8.42 Å². The second-order valence-electron chi connectivity index (χ2n) is 3.42. The van der Waals surface area contributed by atoms with Gasteiger partial charge in [0, 0.05) is 6.04 Å². The monoisotopic (exact) mass is 179 g/mol. The molecule has 1 atom stereocenters. The summed E-state index contributed by atoms with van der Waals surface area (Å²) >= 11 is 0. The van der Waals surface area contributed by atoms with Crippen molar-refractivity contribution in [2.75, 3.05) is 6.26 Å². The SMILES string of the molecule is CC(C)C[C@H](C)NS(C)(=O)=O. The molecule has 3 nitrogen and oxygen atoms in total. The summed E-state index contributed by atoms with van der Waals surface area (Å²) in [5.74, 6) is 0.527. The zero-order valence-electron chi connectivity index (χ0n) is 7.59. The second-order valence-corrected chi connectivity index (χ2v) is 5.20. The first-order valence-corrected chi connectivity index (χ1v) is 5.67. The number of hydrogen-bond donors (Lipinski definition) is 1. The van der Waals surface area contributed by atoms with Gasteiger partial charge in [-0.3, -0.25) is 0 Å². The maximum Gasteiger partial charge on any atom is 0.208 e. The molecular formula is C7H17NO2S. The first kappa shape index (κ1) is 10.9. The summed E-state index contributed by atoms with van der Waals surface area (Å²) in [6.45, 7) is 6.02. The van der Waals surface area contributed by atoms with Crippen molar-refractivity contribution in [1.82, 2.24) is 4.72 Å². The number of rotatable bonds is 4. The second kappa shape index (κ2) is 4.07. The summed E-state index contributed by atoms with van der Waals surface area (Å²) in [4.78, 5) is 0. The van der Waals surface area contributed by atoms with Gasteiger partial charge in [0.1, 0.15) is 0 Å². The minimum Gasteiger partial charge on any atom is -0.213 e. The van der Waals surface area contributed by atoms with Gasteiger partial charge < -0.3 is 0 Å². The lowest BCUT2D eigenvalue weighted by Crippen LogP contribution is -2.32. The van der Waals surface area contributed by atoms with Crippen LogP contribution in [0.4, 0.5) is 0 Å². The summed E-state index contributed by atoms with van der Waals surface area (Å²) in [7, 11) is -3.02. The molecule has 0 unspecified atom stereocenters. The van der Waals surface area contributed by atoms with Gasteiger partial charge in [-0.1, -0.05) is 13.8 Å². The van der Waals surface area contributed by atoms with Crippen LogP contribution in [0, 0.1) is 5.92 Å². The van der Waals surface area contributed by atoms with Crippen molar-refractivity contribution >= 4 is 10.0 Å². The molecular weight excluding hydrogens is 162 g/mol. The molecule has 0 aliphatic heterocycles. The molecule has 0 aliphatic rings. The fourth-order valence-electron chi connectivity index (χ4n) is 1.12. The molecule has 0 heterocycles. The summed E-state index contributed by atoms with van der Waals surface area (Å²) in [5, 5.41) is 0. The average molecular weight is 179 g/mol. The normalized spacial score (nSPS) is 15.4. The van der Waals surface area contributed by atoms with Gasteiger partial charge in [0.15, 0.2) is 0 Å². The molecule has 0 saturated carbocycles. The molecule has 0 amide bonds. The van der Waals surface area contributed by atoms with E-state index < -0.39 is 10.0 Å². The maximum atomic E-state index is 10.7. The van der Waals surface area contributed by atoms with Crippen LogP contribution in [0.15, 0.2) is 0 Å². The fourth-order valence-corrected chi connectivity index (χ4v) is 1.95. The third kappa shape index (κ3) is 7.81. The number of sulfonamides is 1. The van der Waals surface area contributed by atoms with Crippen molar-refractivity contribution in [2.45, 2.75) is 33.2 Å². The quantitative estimate of drug-likeness (QED) is 0.699. The van der Waals surface area contributed by atoms with Crippen molar-refractivity contribution in [3.63, 3.8) is 0 Å². The summed E-state index contributed by atoms with van der Waals surface area (Å²) in [6.07, 6.45) is 2.07. The zero-order valence-corrected chi connectivity index (χ0v) is 8.40. The van der Waals surface area contributed by atoms with Crippen molar-refractivity contribution in [2.24, 2.45) is 5.92 Å². The van der Waals surface area contributed by atoms with Crippen LogP contribution in [0.3, 0.4) is 0 Å². The van der Waals surface area contributed by atoms with Crippen LogP contribution in [0.5, 0.6) is 0 Å². The van der Waals surface area contributed by atoms with Crippen LogP contribution < -0.4 is 4.72 Å². The molecule has 0 aromatic rings. The number of hydrogen-bond acceptors (Lipinski definition) is 2. The molecule has 0 rings (SSSR count). The molecule has 0 radical (unpaired) electrons. The van der Waals surface area contributed by atoms with Crippen LogP contribution in [0.25, 0.3) is 0 Å². The van der Waals surface area contributed by atoms with Crippen LogP contribution in [0.1, 0.15) is 27.2 Å². The molecule has 1 N–H and O–H groups in total. The largest absolute Gasteiger partial charge is 0.213 e. The predicted octanol–water partition coefficient (Wildman–Crippen LogP) is 0.970. The summed E-state index contributed by atoms with van der Waals surface area (Å²) in [6, 6.07) is 0.0463. The van der Waals surface area contributed by atoms with Gasteiger partial charge in [-0.2, -0.15) is 0 Å². The Morgan fingerprint density at radius 1 is 1.27 bits per heavy atom. The molecule has 0 fully saturated rings. The van der Waals surface area contributed by atoms with E-state index in [1.54, 1.807) is 0 Å². The smallest absolute Gasteiger partial charge is 0.208 e. The van der Waals surface area contributed by atoms with Crippen molar-refractivity contribution in [3.05, 3.63) is 0 Å². The van der Waals surface area contributed by atoms with E-state index >= 15 is 0 Å². The zero-order chi connectivity index (χ0) is 9.07. The molecule has 0 spiro atoms. The molecule has 0 saturated heterocycles. The highest BCUT2D eigenvalue weighted by Gasteiger charge is 2.09. The van der Waals surface area contributed by atoms with Crippen molar-refractivity contribution in [3.8, 4) is 0 Å². The molecule has 0 aliphatic carbocycles. The summed E-state index contributed by atoms with van der Waals surface area (Å²) in [5.41, 5.74) is 0. The lowest BCUT2D eigenvalue weighted by atomic mass is 10.1.